The van der Waals surface area contributed by atoms with Gasteiger partial charge in [0.1, 0.15) is 11.7 Å². The molecule has 1 heterocycles. The monoisotopic (exact) mass is 184 g/mol. The van der Waals surface area contributed by atoms with Crippen LogP contribution < -0.4 is 5.73 Å². The van der Waals surface area contributed by atoms with E-state index in [2.05, 4.69) is 5.16 Å². The molecule has 0 aliphatic rings. The minimum Gasteiger partial charge on any atom is -0.481 e. The van der Waals surface area contributed by atoms with Crippen LogP contribution in [0.4, 0.5) is 0 Å². The Hall–Kier alpha value is -1.36. The Morgan fingerprint density at radius 2 is 2.54 bits per heavy atom. The lowest BCUT2D eigenvalue weighted by atomic mass is 10.1. The second-order valence-electron chi connectivity index (χ2n) is 2.70. The SMILES string of the molecule is CCc1cc(C(CN)C(=O)O)no1. The van der Waals surface area contributed by atoms with E-state index in [1.165, 1.54) is 0 Å². The van der Waals surface area contributed by atoms with Gasteiger partial charge >= 0.3 is 5.97 Å². The van der Waals surface area contributed by atoms with Gasteiger partial charge in [-0.25, -0.2) is 0 Å². The maximum absolute atomic E-state index is 10.7. The molecule has 5 heteroatoms. The Kier molecular flexibility index (Phi) is 3.02. The van der Waals surface area contributed by atoms with Gasteiger partial charge in [0, 0.05) is 19.0 Å². The molecule has 5 nitrogen and oxygen atoms in total. The molecule has 0 aliphatic heterocycles. The minimum atomic E-state index is -0.974. The topological polar surface area (TPSA) is 89.4 Å². The van der Waals surface area contributed by atoms with Crippen LogP contribution in [0.3, 0.4) is 0 Å². The zero-order valence-electron chi connectivity index (χ0n) is 7.36. The van der Waals surface area contributed by atoms with E-state index in [4.69, 9.17) is 15.4 Å². The number of aryl methyl sites for hydroxylation is 1. The van der Waals surface area contributed by atoms with Gasteiger partial charge in [0.05, 0.1) is 5.69 Å². The lowest BCUT2D eigenvalue weighted by Crippen LogP contribution is -2.21. The van der Waals surface area contributed by atoms with E-state index in [0.717, 1.165) is 0 Å². The first-order valence-corrected chi connectivity index (χ1v) is 4.07. The molecule has 0 saturated carbocycles. The van der Waals surface area contributed by atoms with E-state index in [-0.39, 0.29) is 6.54 Å². The van der Waals surface area contributed by atoms with Gasteiger partial charge in [-0.05, 0) is 0 Å². The number of carboxylic acids is 1. The van der Waals surface area contributed by atoms with Crippen molar-refractivity contribution >= 4 is 5.97 Å². The molecule has 0 saturated heterocycles. The molecule has 72 valence electrons. The minimum absolute atomic E-state index is 0.0328. The molecule has 3 N–H and O–H groups in total. The van der Waals surface area contributed by atoms with Gasteiger partial charge in [-0.2, -0.15) is 0 Å². The van der Waals surface area contributed by atoms with Gasteiger partial charge in [0.2, 0.25) is 0 Å². The van der Waals surface area contributed by atoms with Gasteiger partial charge in [-0.3, -0.25) is 4.79 Å². The Morgan fingerprint density at radius 3 is 2.92 bits per heavy atom. The van der Waals surface area contributed by atoms with Crippen LogP contribution in [0.15, 0.2) is 10.6 Å². The van der Waals surface area contributed by atoms with Crippen molar-refractivity contribution < 1.29 is 14.4 Å². The second kappa shape index (κ2) is 4.04. The van der Waals surface area contributed by atoms with Gasteiger partial charge < -0.3 is 15.4 Å². The van der Waals surface area contributed by atoms with Crippen LogP contribution in [-0.2, 0) is 11.2 Å². The van der Waals surface area contributed by atoms with E-state index >= 15 is 0 Å². The van der Waals surface area contributed by atoms with Crippen LogP contribution in [0.1, 0.15) is 24.3 Å². The fraction of sp³-hybridized carbons (Fsp3) is 0.500. The summed E-state index contributed by atoms with van der Waals surface area (Å²) in [6.07, 6.45) is 0.698. The molecule has 0 amide bonds. The number of hydrogen-bond acceptors (Lipinski definition) is 4. The van der Waals surface area contributed by atoms with Crippen molar-refractivity contribution in [2.45, 2.75) is 19.3 Å². The van der Waals surface area contributed by atoms with Crippen molar-refractivity contribution in [1.82, 2.24) is 5.16 Å². The van der Waals surface area contributed by atoms with E-state index in [0.29, 0.717) is 17.9 Å². The number of aromatic nitrogens is 1. The molecule has 0 radical (unpaired) electrons. The molecule has 1 unspecified atom stereocenters. The van der Waals surface area contributed by atoms with E-state index in [9.17, 15) is 4.79 Å². The van der Waals surface area contributed by atoms with Gasteiger partial charge in [-0.1, -0.05) is 12.1 Å². The number of aliphatic carboxylic acids is 1. The van der Waals surface area contributed by atoms with Crippen LogP contribution in [0, 0.1) is 0 Å². The summed E-state index contributed by atoms with van der Waals surface area (Å²) in [6.45, 7) is 1.94. The maximum atomic E-state index is 10.7. The van der Waals surface area contributed by atoms with Gasteiger partial charge in [0.25, 0.3) is 0 Å². The predicted octanol–water partition coefficient (Wildman–Crippen LogP) is 0.364. The summed E-state index contributed by atoms with van der Waals surface area (Å²) in [6, 6.07) is 1.63. The molecule has 1 atom stereocenters. The van der Waals surface area contributed by atoms with Crippen molar-refractivity contribution in [2.24, 2.45) is 5.73 Å². The Balaban J connectivity index is 2.85. The third kappa shape index (κ3) is 2.06. The van der Waals surface area contributed by atoms with Crippen molar-refractivity contribution in [3.05, 3.63) is 17.5 Å². The lowest BCUT2D eigenvalue weighted by molar-refractivity contribution is -0.138. The molecule has 0 aliphatic carbocycles. The van der Waals surface area contributed by atoms with Crippen molar-refractivity contribution in [1.29, 1.82) is 0 Å². The molecule has 0 aromatic carbocycles. The average Bonchev–Trinajstić information content (AvgIpc) is 2.53. The summed E-state index contributed by atoms with van der Waals surface area (Å²) in [5, 5.41) is 12.4. The highest BCUT2D eigenvalue weighted by molar-refractivity contribution is 5.75. The molecular weight excluding hydrogens is 172 g/mol. The van der Waals surface area contributed by atoms with Gasteiger partial charge in [0.15, 0.2) is 0 Å². The summed E-state index contributed by atoms with van der Waals surface area (Å²) in [7, 11) is 0. The fourth-order valence-electron chi connectivity index (χ4n) is 1.01. The maximum Gasteiger partial charge on any atom is 0.314 e. The molecule has 1 rings (SSSR count). The molecule has 13 heavy (non-hydrogen) atoms. The summed E-state index contributed by atoms with van der Waals surface area (Å²) in [5.74, 6) is -1.06. The Bertz CT molecular complexity index is 295. The van der Waals surface area contributed by atoms with Crippen LogP contribution in [0.5, 0.6) is 0 Å². The van der Waals surface area contributed by atoms with Crippen LogP contribution >= 0.6 is 0 Å². The average molecular weight is 184 g/mol. The number of hydrogen-bond donors (Lipinski definition) is 2. The third-order valence-corrected chi connectivity index (χ3v) is 1.82. The Morgan fingerprint density at radius 1 is 1.85 bits per heavy atom. The third-order valence-electron chi connectivity index (χ3n) is 1.82. The fourth-order valence-corrected chi connectivity index (χ4v) is 1.01. The molecule has 0 spiro atoms. The van der Waals surface area contributed by atoms with E-state index < -0.39 is 11.9 Å². The zero-order chi connectivity index (χ0) is 9.84. The van der Waals surface area contributed by atoms with E-state index in [1.54, 1.807) is 6.07 Å². The number of carbonyl (C=O) groups is 1. The highest BCUT2D eigenvalue weighted by Gasteiger charge is 2.21. The van der Waals surface area contributed by atoms with Crippen molar-refractivity contribution in [3.63, 3.8) is 0 Å². The number of nitrogens with zero attached hydrogens (tertiary/aromatic N) is 1. The van der Waals surface area contributed by atoms with Crippen LogP contribution in [0.2, 0.25) is 0 Å². The highest BCUT2D eigenvalue weighted by Crippen LogP contribution is 2.15. The number of carboxylic acid groups (broad SMARTS) is 1. The molecule has 1 aromatic rings. The summed E-state index contributed by atoms with van der Waals surface area (Å²) < 4.78 is 4.88. The summed E-state index contributed by atoms with van der Waals surface area (Å²) in [5.41, 5.74) is 5.69. The standard InChI is InChI=1S/C8H12N2O3/c1-2-5-3-7(10-13-5)6(4-9)8(11)12/h3,6H,2,4,9H2,1H3,(H,11,12). The smallest absolute Gasteiger partial charge is 0.314 e. The lowest BCUT2D eigenvalue weighted by Gasteiger charge is -2.03. The first-order valence-electron chi connectivity index (χ1n) is 4.07. The van der Waals surface area contributed by atoms with Gasteiger partial charge in [-0.15, -0.1) is 0 Å². The first kappa shape index (κ1) is 9.73. The number of rotatable bonds is 4. The molecule has 1 aromatic heterocycles. The quantitative estimate of drug-likeness (QED) is 0.705. The number of nitrogens with two attached hydrogens (primary N) is 1. The molecule has 0 bridgehead atoms. The van der Waals surface area contributed by atoms with Crippen molar-refractivity contribution in [3.8, 4) is 0 Å². The first-order chi connectivity index (χ1) is 6.19. The van der Waals surface area contributed by atoms with Crippen LogP contribution in [-0.4, -0.2) is 22.8 Å². The zero-order valence-corrected chi connectivity index (χ0v) is 7.36. The largest absolute Gasteiger partial charge is 0.481 e. The highest BCUT2D eigenvalue weighted by atomic mass is 16.5. The second-order valence-corrected chi connectivity index (χ2v) is 2.70. The molecule has 0 fully saturated rings. The van der Waals surface area contributed by atoms with E-state index in [1.807, 2.05) is 6.92 Å². The Labute approximate surface area is 75.5 Å². The van der Waals surface area contributed by atoms with Crippen molar-refractivity contribution in [2.75, 3.05) is 6.54 Å². The summed E-state index contributed by atoms with van der Waals surface area (Å²) >= 11 is 0. The predicted molar refractivity (Wildman–Crippen MR) is 45.3 cm³/mol. The summed E-state index contributed by atoms with van der Waals surface area (Å²) in [4.78, 5) is 10.7. The molecular formula is C8H12N2O3. The normalized spacial score (nSPS) is 12.8. The van der Waals surface area contributed by atoms with Crippen LogP contribution in [0.25, 0.3) is 0 Å².